The highest BCUT2D eigenvalue weighted by atomic mass is 19.1. The highest BCUT2D eigenvalue weighted by Crippen LogP contribution is 2.41. The number of alkyl halides is 1. The quantitative estimate of drug-likeness (QED) is 0.650. The van der Waals surface area contributed by atoms with Crippen LogP contribution in [-0.4, -0.2) is 48.1 Å². The Kier molecular flexibility index (Phi) is 4.25. The van der Waals surface area contributed by atoms with Crippen LogP contribution in [-0.2, 0) is 0 Å². The van der Waals surface area contributed by atoms with Gasteiger partial charge >= 0.3 is 0 Å². The number of benzene rings is 1. The van der Waals surface area contributed by atoms with Gasteiger partial charge in [-0.25, -0.2) is 9.07 Å². The molecule has 2 bridgehead atoms. The summed E-state index contributed by atoms with van der Waals surface area (Å²) in [6.45, 7) is 6.19. The van der Waals surface area contributed by atoms with Gasteiger partial charge in [-0.05, 0) is 43.2 Å². The fourth-order valence-corrected chi connectivity index (χ4v) is 4.30. The molecule has 4 atom stereocenters. The summed E-state index contributed by atoms with van der Waals surface area (Å²) in [6.07, 6.45) is 6.76. The molecule has 0 saturated carbocycles. The highest BCUT2D eigenvalue weighted by Gasteiger charge is 2.46. The van der Waals surface area contributed by atoms with E-state index in [-0.39, 0.29) is 23.2 Å². The molecular formula is C22H21FN6O. The number of nitrogens with zero attached hydrogens (tertiary/aromatic N) is 5. The second-order valence-corrected chi connectivity index (χ2v) is 8.08. The van der Waals surface area contributed by atoms with Crippen LogP contribution in [0.1, 0.15) is 19.0 Å². The van der Waals surface area contributed by atoms with Crippen molar-refractivity contribution >= 4 is 5.57 Å². The topological polar surface area (TPSA) is 88.8 Å². The number of fused-ring (bicyclic) bond motifs is 2. The van der Waals surface area contributed by atoms with E-state index < -0.39 is 6.17 Å². The molecular weight excluding hydrogens is 383 g/mol. The molecule has 2 aromatic heterocycles. The van der Waals surface area contributed by atoms with Crippen molar-refractivity contribution in [3.05, 3.63) is 67.2 Å². The van der Waals surface area contributed by atoms with Gasteiger partial charge in [0.1, 0.15) is 11.9 Å². The Morgan fingerprint density at radius 1 is 1.30 bits per heavy atom. The van der Waals surface area contributed by atoms with E-state index in [1.807, 2.05) is 18.2 Å². The zero-order valence-electron chi connectivity index (χ0n) is 16.4. The molecule has 0 unspecified atom stereocenters. The van der Waals surface area contributed by atoms with E-state index in [0.717, 1.165) is 0 Å². The Morgan fingerprint density at radius 3 is 2.87 bits per heavy atom. The van der Waals surface area contributed by atoms with E-state index in [4.69, 9.17) is 0 Å². The van der Waals surface area contributed by atoms with Gasteiger partial charge in [0.2, 0.25) is 0 Å². The maximum Gasteiger partial charge on any atom is 0.127 e. The summed E-state index contributed by atoms with van der Waals surface area (Å²) in [5.74, 6) is -0.270. The molecule has 30 heavy (non-hydrogen) atoms. The molecule has 1 saturated heterocycles. The van der Waals surface area contributed by atoms with Crippen molar-refractivity contribution in [1.82, 2.24) is 30.5 Å². The van der Waals surface area contributed by atoms with E-state index in [1.54, 1.807) is 41.3 Å². The number of halogens is 1. The fraction of sp³-hybridized carbons (Fsp3) is 0.273. The van der Waals surface area contributed by atoms with Crippen LogP contribution >= 0.6 is 0 Å². The number of aromatic nitrogens is 5. The SMILES string of the molecule is C=C(c1ccc(-c2ccc(-n3ccnn3)cc2O)nn1)[C@H]1C[C@]2(C)C=C[C@@H](N2)[C@@H]1F. The van der Waals surface area contributed by atoms with Crippen LogP contribution in [0.3, 0.4) is 0 Å². The molecule has 152 valence electrons. The van der Waals surface area contributed by atoms with Crippen LogP contribution in [0.4, 0.5) is 4.39 Å². The Bertz CT molecular complexity index is 1130. The molecule has 2 aliphatic rings. The number of phenolic OH excluding ortho intramolecular Hbond substituents is 1. The Labute approximate surface area is 173 Å². The third-order valence-electron chi connectivity index (χ3n) is 5.92. The van der Waals surface area contributed by atoms with Crippen LogP contribution in [0.5, 0.6) is 5.75 Å². The Hall–Kier alpha value is -3.39. The molecule has 1 fully saturated rings. The molecule has 5 rings (SSSR count). The first kappa shape index (κ1) is 18.6. The van der Waals surface area contributed by atoms with Crippen LogP contribution in [0.15, 0.2) is 61.5 Å². The number of nitrogens with one attached hydrogen (secondary N) is 1. The number of rotatable bonds is 4. The van der Waals surface area contributed by atoms with Gasteiger partial charge in [-0.3, -0.25) is 5.32 Å². The average Bonchev–Trinajstić information content (AvgIpc) is 3.39. The second-order valence-electron chi connectivity index (χ2n) is 8.08. The molecule has 4 heterocycles. The predicted octanol–water partition coefficient (Wildman–Crippen LogP) is 3.09. The normalized spacial score (nSPS) is 27.3. The molecule has 0 radical (unpaired) electrons. The second kappa shape index (κ2) is 6.84. The van der Waals surface area contributed by atoms with Crippen LogP contribution in [0.2, 0.25) is 0 Å². The molecule has 7 nitrogen and oxygen atoms in total. The zero-order chi connectivity index (χ0) is 20.9. The monoisotopic (exact) mass is 404 g/mol. The Balaban J connectivity index is 1.38. The van der Waals surface area contributed by atoms with Crippen LogP contribution < -0.4 is 5.32 Å². The molecule has 0 aliphatic carbocycles. The minimum atomic E-state index is -1.06. The lowest BCUT2D eigenvalue weighted by atomic mass is 9.78. The lowest BCUT2D eigenvalue weighted by Gasteiger charge is -2.39. The zero-order valence-corrected chi connectivity index (χ0v) is 16.4. The van der Waals surface area contributed by atoms with E-state index in [1.165, 1.54) is 0 Å². The molecule has 0 spiro atoms. The summed E-state index contributed by atoms with van der Waals surface area (Å²) in [5.41, 5.74) is 2.74. The Morgan fingerprint density at radius 2 is 2.17 bits per heavy atom. The smallest absolute Gasteiger partial charge is 0.127 e. The predicted molar refractivity (Wildman–Crippen MR) is 111 cm³/mol. The third-order valence-corrected chi connectivity index (χ3v) is 5.92. The van der Waals surface area contributed by atoms with Gasteiger partial charge in [-0.15, -0.1) is 10.2 Å². The number of phenols is 1. The van der Waals surface area contributed by atoms with E-state index in [0.29, 0.717) is 34.6 Å². The molecule has 8 heteroatoms. The van der Waals surface area contributed by atoms with Gasteiger partial charge in [0, 0.05) is 23.1 Å². The first-order chi connectivity index (χ1) is 14.4. The van der Waals surface area contributed by atoms with E-state index in [2.05, 4.69) is 39.3 Å². The number of aromatic hydroxyl groups is 1. The van der Waals surface area contributed by atoms with Gasteiger partial charge in [0.15, 0.2) is 0 Å². The van der Waals surface area contributed by atoms with Crippen molar-refractivity contribution in [3.8, 4) is 22.7 Å². The summed E-state index contributed by atoms with van der Waals surface area (Å²) in [4.78, 5) is 0. The number of hydrogen-bond donors (Lipinski definition) is 2. The van der Waals surface area contributed by atoms with Crippen molar-refractivity contribution < 1.29 is 9.50 Å². The first-order valence-corrected chi connectivity index (χ1v) is 9.78. The highest BCUT2D eigenvalue weighted by molar-refractivity contribution is 5.70. The van der Waals surface area contributed by atoms with Crippen molar-refractivity contribution in [2.24, 2.45) is 5.92 Å². The summed E-state index contributed by atoms with van der Waals surface area (Å²) in [5, 5.41) is 29.9. The lowest BCUT2D eigenvalue weighted by Crippen LogP contribution is -2.54. The average molecular weight is 404 g/mol. The molecule has 2 N–H and O–H groups in total. The van der Waals surface area contributed by atoms with E-state index >= 15 is 0 Å². The van der Waals surface area contributed by atoms with Gasteiger partial charge in [0.25, 0.3) is 0 Å². The van der Waals surface area contributed by atoms with Crippen LogP contribution in [0, 0.1) is 5.92 Å². The summed E-state index contributed by atoms with van der Waals surface area (Å²) >= 11 is 0. The van der Waals surface area contributed by atoms with E-state index in [9.17, 15) is 9.50 Å². The van der Waals surface area contributed by atoms with Gasteiger partial charge in [0.05, 0.1) is 35.5 Å². The summed E-state index contributed by atoms with van der Waals surface area (Å²) in [6, 6.07) is 8.40. The third kappa shape index (κ3) is 3.09. The van der Waals surface area contributed by atoms with Gasteiger partial charge in [-0.1, -0.05) is 23.9 Å². The van der Waals surface area contributed by atoms with Crippen molar-refractivity contribution in [1.29, 1.82) is 0 Å². The molecule has 3 aromatic rings. The van der Waals surface area contributed by atoms with Crippen LogP contribution in [0.25, 0.3) is 22.5 Å². The largest absolute Gasteiger partial charge is 0.507 e. The number of hydrogen-bond acceptors (Lipinski definition) is 6. The minimum absolute atomic E-state index is 0.0571. The lowest BCUT2D eigenvalue weighted by molar-refractivity contribution is 0.146. The molecule has 2 aliphatic heterocycles. The first-order valence-electron chi connectivity index (χ1n) is 9.78. The summed E-state index contributed by atoms with van der Waals surface area (Å²) < 4.78 is 16.5. The number of piperidine rings is 1. The minimum Gasteiger partial charge on any atom is -0.507 e. The number of allylic oxidation sites excluding steroid dienone is 1. The van der Waals surface area contributed by atoms with Gasteiger partial charge in [-0.2, -0.15) is 5.10 Å². The van der Waals surface area contributed by atoms with Crippen molar-refractivity contribution in [2.75, 3.05) is 0 Å². The van der Waals surface area contributed by atoms with Crippen molar-refractivity contribution in [3.63, 3.8) is 0 Å². The molecule has 1 aromatic carbocycles. The fourth-order valence-electron chi connectivity index (χ4n) is 4.30. The maximum atomic E-state index is 14.9. The van der Waals surface area contributed by atoms with Crippen molar-refractivity contribution in [2.45, 2.75) is 31.1 Å². The summed E-state index contributed by atoms with van der Waals surface area (Å²) in [7, 11) is 0. The molecule has 0 amide bonds. The maximum absolute atomic E-state index is 14.9. The van der Waals surface area contributed by atoms with Gasteiger partial charge < -0.3 is 5.11 Å². The standard InChI is InChI=1S/C22H21FN6O/c1-13(16-12-22(2)8-7-19(25-22)21(16)23)17-5-6-18(27-26-17)15-4-3-14(11-20(15)30)29-10-9-24-28-29/h3-11,16,19,21,25,30H,1,12H2,2H3/t16-,19-,21-,22+/m1/s1.